The van der Waals surface area contributed by atoms with E-state index in [2.05, 4.69) is 10.6 Å². The summed E-state index contributed by atoms with van der Waals surface area (Å²) >= 11 is 1.51. The van der Waals surface area contributed by atoms with Crippen molar-refractivity contribution in [3.05, 3.63) is 52.7 Å². The molecule has 0 saturated carbocycles. The second-order valence-corrected chi connectivity index (χ2v) is 5.05. The van der Waals surface area contributed by atoms with Crippen LogP contribution in [0.3, 0.4) is 0 Å². The smallest absolute Gasteiger partial charge is 0.319 e. The standard InChI is InChI=1S/C14H16N2O2S/c17-12(13-7-4-10-19-13)8-9-15-14(18)16-11-5-2-1-3-6-11/h1-7,10,12,17H,8-9H2,(H2,15,16,18). The van der Waals surface area contributed by atoms with Gasteiger partial charge in [0, 0.05) is 17.1 Å². The number of carbonyl (C=O) groups is 1. The van der Waals surface area contributed by atoms with Gasteiger partial charge in [0.1, 0.15) is 0 Å². The summed E-state index contributed by atoms with van der Waals surface area (Å²) in [6.07, 6.45) is -0.0139. The van der Waals surface area contributed by atoms with Crippen molar-refractivity contribution in [1.82, 2.24) is 5.32 Å². The SMILES string of the molecule is O=C(NCCC(O)c1cccs1)Nc1ccccc1. The van der Waals surface area contributed by atoms with E-state index in [9.17, 15) is 9.90 Å². The predicted molar refractivity (Wildman–Crippen MR) is 77.4 cm³/mol. The van der Waals surface area contributed by atoms with Crippen molar-refractivity contribution in [2.24, 2.45) is 0 Å². The Kier molecular flexibility index (Phi) is 4.94. The number of benzene rings is 1. The Hall–Kier alpha value is -1.85. The van der Waals surface area contributed by atoms with Crippen molar-refractivity contribution >= 4 is 23.1 Å². The highest BCUT2D eigenvalue weighted by Crippen LogP contribution is 2.20. The van der Waals surface area contributed by atoms with Crippen molar-refractivity contribution in [2.75, 3.05) is 11.9 Å². The van der Waals surface area contributed by atoms with Crippen LogP contribution in [-0.2, 0) is 0 Å². The number of aliphatic hydroxyl groups excluding tert-OH is 1. The Labute approximate surface area is 116 Å². The number of anilines is 1. The summed E-state index contributed by atoms with van der Waals surface area (Å²) in [6.45, 7) is 0.428. The van der Waals surface area contributed by atoms with E-state index in [0.717, 1.165) is 10.6 Å². The molecule has 3 N–H and O–H groups in total. The Morgan fingerprint density at radius 1 is 1.21 bits per heavy atom. The van der Waals surface area contributed by atoms with E-state index < -0.39 is 6.10 Å². The molecule has 0 aliphatic rings. The van der Waals surface area contributed by atoms with Crippen LogP contribution in [0.5, 0.6) is 0 Å². The molecule has 4 nitrogen and oxygen atoms in total. The Morgan fingerprint density at radius 3 is 2.68 bits per heavy atom. The van der Waals surface area contributed by atoms with E-state index in [1.54, 1.807) is 0 Å². The summed E-state index contributed by atoms with van der Waals surface area (Å²) in [5.41, 5.74) is 0.749. The summed E-state index contributed by atoms with van der Waals surface area (Å²) in [7, 11) is 0. The van der Waals surface area contributed by atoms with Crippen LogP contribution in [0.25, 0.3) is 0 Å². The van der Waals surface area contributed by atoms with E-state index in [4.69, 9.17) is 0 Å². The number of hydrogen-bond donors (Lipinski definition) is 3. The molecule has 0 aliphatic carbocycles. The maximum Gasteiger partial charge on any atom is 0.319 e. The molecule has 0 aliphatic heterocycles. The first-order valence-corrected chi connectivity index (χ1v) is 6.95. The van der Waals surface area contributed by atoms with Crippen LogP contribution in [0.1, 0.15) is 17.4 Å². The van der Waals surface area contributed by atoms with Gasteiger partial charge in [-0.2, -0.15) is 0 Å². The molecule has 0 fully saturated rings. The van der Waals surface area contributed by atoms with Gasteiger partial charge in [-0.05, 0) is 30.0 Å². The van der Waals surface area contributed by atoms with Crippen LogP contribution >= 0.6 is 11.3 Å². The number of nitrogens with one attached hydrogen (secondary N) is 2. The fraction of sp³-hybridized carbons (Fsp3) is 0.214. The molecule has 0 saturated heterocycles. The third kappa shape index (κ3) is 4.39. The maximum atomic E-state index is 11.6. The van der Waals surface area contributed by atoms with Gasteiger partial charge in [0.05, 0.1) is 6.10 Å². The first-order chi connectivity index (χ1) is 9.25. The van der Waals surface area contributed by atoms with Gasteiger partial charge >= 0.3 is 6.03 Å². The third-order valence-corrected chi connectivity index (χ3v) is 3.58. The van der Waals surface area contributed by atoms with Crippen LogP contribution in [-0.4, -0.2) is 17.7 Å². The highest BCUT2D eigenvalue weighted by Gasteiger charge is 2.08. The van der Waals surface area contributed by atoms with Gasteiger partial charge in [-0.3, -0.25) is 0 Å². The lowest BCUT2D eigenvalue weighted by molar-refractivity contribution is 0.171. The first kappa shape index (κ1) is 13.6. The number of rotatable bonds is 5. The van der Waals surface area contributed by atoms with Gasteiger partial charge < -0.3 is 15.7 Å². The lowest BCUT2D eigenvalue weighted by Crippen LogP contribution is -2.30. The minimum Gasteiger partial charge on any atom is -0.388 e. The number of para-hydroxylation sites is 1. The number of aliphatic hydroxyl groups is 1. The largest absolute Gasteiger partial charge is 0.388 e. The average molecular weight is 276 g/mol. The quantitative estimate of drug-likeness (QED) is 0.786. The highest BCUT2D eigenvalue weighted by atomic mass is 32.1. The normalized spacial score (nSPS) is 11.8. The lowest BCUT2D eigenvalue weighted by Gasteiger charge is -2.10. The van der Waals surface area contributed by atoms with Crippen LogP contribution in [0.15, 0.2) is 47.8 Å². The van der Waals surface area contributed by atoms with Crippen LogP contribution in [0.2, 0.25) is 0 Å². The van der Waals surface area contributed by atoms with Crippen molar-refractivity contribution in [2.45, 2.75) is 12.5 Å². The summed E-state index contributed by atoms with van der Waals surface area (Å²) in [5.74, 6) is 0. The van der Waals surface area contributed by atoms with Gasteiger partial charge in [-0.15, -0.1) is 11.3 Å². The fourth-order valence-corrected chi connectivity index (χ4v) is 2.39. The van der Waals surface area contributed by atoms with Crippen molar-refractivity contribution in [1.29, 1.82) is 0 Å². The summed E-state index contributed by atoms with van der Waals surface area (Å²) in [4.78, 5) is 12.5. The van der Waals surface area contributed by atoms with E-state index in [0.29, 0.717) is 13.0 Å². The van der Waals surface area contributed by atoms with Gasteiger partial charge in [0.15, 0.2) is 0 Å². The van der Waals surface area contributed by atoms with E-state index in [1.807, 2.05) is 47.8 Å². The predicted octanol–water partition coefficient (Wildman–Crippen LogP) is 2.99. The molecule has 1 aromatic heterocycles. The average Bonchev–Trinajstić information content (AvgIpc) is 2.93. The van der Waals surface area contributed by atoms with E-state index >= 15 is 0 Å². The van der Waals surface area contributed by atoms with Gasteiger partial charge in [-0.25, -0.2) is 4.79 Å². The molecule has 2 rings (SSSR count). The third-order valence-electron chi connectivity index (χ3n) is 2.61. The molecule has 19 heavy (non-hydrogen) atoms. The molecule has 1 aromatic carbocycles. The molecule has 5 heteroatoms. The second-order valence-electron chi connectivity index (χ2n) is 4.07. The van der Waals surface area contributed by atoms with Crippen LogP contribution < -0.4 is 10.6 Å². The number of hydrogen-bond acceptors (Lipinski definition) is 3. The number of amides is 2. The summed E-state index contributed by atoms with van der Waals surface area (Å²) < 4.78 is 0. The number of thiophene rings is 1. The molecule has 2 aromatic rings. The summed E-state index contributed by atoms with van der Waals surface area (Å²) in [5, 5.41) is 17.2. The van der Waals surface area contributed by atoms with Crippen molar-refractivity contribution in [3.63, 3.8) is 0 Å². The zero-order valence-electron chi connectivity index (χ0n) is 10.4. The molecule has 0 radical (unpaired) electrons. The molecule has 1 heterocycles. The maximum absolute atomic E-state index is 11.6. The molecular formula is C14H16N2O2S. The minimum atomic E-state index is -0.517. The summed E-state index contributed by atoms with van der Waals surface area (Å²) in [6, 6.07) is 12.8. The fourth-order valence-electron chi connectivity index (χ4n) is 1.64. The Bertz CT molecular complexity index is 499. The first-order valence-electron chi connectivity index (χ1n) is 6.07. The van der Waals surface area contributed by atoms with Crippen LogP contribution in [0, 0.1) is 0 Å². The van der Waals surface area contributed by atoms with E-state index in [-0.39, 0.29) is 6.03 Å². The molecular weight excluding hydrogens is 260 g/mol. The number of carbonyl (C=O) groups excluding carboxylic acids is 1. The van der Waals surface area contributed by atoms with Gasteiger partial charge in [0.25, 0.3) is 0 Å². The molecule has 100 valence electrons. The minimum absolute atomic E-state index is 0.260. The number of urea groups is 1. The zero-order chi connectivity index (χ0) is 13.5. The molecule has 2 amide bonds. The Balaban J connectivity index is 1.70. The van der Waals surface area contributed by atoms with Gasteiger partial charge in [-0.1, -0.05) is 24.3 Å². The van der Waals surface area contributed by atoms with Gasteiger partial charge in [0.2, 0.25) is 0 Å². The van der Waals surface area contributed by atoms with Crippen molar-refractivity contribution < 1.29 is 9.90 Å². The van der Waals surface area contributed by atoms with Crippen molar-refractivity contribution in [3.8, 4) is 0 Å². The zero-order valence-corrected chi connectivity index (χ0v) is 11.2. The molecule has 0 spiro atoms. The molecule has 0 bridgehead atoms. The van der Waals surface area contributed by atoms with Crippen LogP contribution in [0.4, 0.5) is 10.5 Å². The molecule has 1 unspecified atom stereocenters. The topological polar surface area (TPSA) is 61.4 Å². The second kappa shape index (κ2) is 6.92. The molecule has 1 atom stereocenters. The highest BCUT2D eigenvalue weighted by molar-refractivity contribution is 7.10. The Morgan fingerprint density at radius 2 is 2.00 bits per heavy atom. The monoisotopic (exact) mass is 276 g/mol. The lowest BCUT2D eigenvalue weighted by atomic mass is 10.2. The van der Waals surface area contributed by atoms with E-state index in [1.165, 1.54) is 11.3 Å².